The summed E-state index contributed by atoms with van der Waals surface area (Å²) in [4.78, 5) is 11.5. The summed E-state index contributed by atoms with van der Waals surface area (Å²) in [5.74, 6) is -0.217. The lowest BCUT2D eigenvalue weighted by molar-refractivity contribution is -0.140. The summed E-state index contributed by atoms with van der Waals surface area (Å²) >= 11 is 1.42. The monoisotopic (exact) mass is 252 g/mol. The van der Waals surface area contributed by atoms with Crippen molar-refractivity contribution in [2.45, 2.75) is 6.10 Å². The number of thioether (sulfide) groups is 1. The van der Waals surface area contributed by atoms with Gasteiger partial charge in [-0.15, -0.1) is 0 Å². The number of aliphatic hydroxyl groups excluding tert-OH is 2. The third kappa shape index (κ3) is 2.66. The minimum atomic E-state index is -1.39. The maximum absolute atomic E-state index is 11.5. The number of carbonyl (C=O) groups is 1. The Morgan fingerprint density at radius 3 is 2.82 bits per heavy atom. The normalized spacial score (nSPS) is 16.8. The number of aliphatic hydroxyl groups is 2. The average molecular weight is 252 g/mol. The van der Waals surface area contributed by atoms with E-state index < -0.39 is 18.6 Å². The highest BCUT2D eigenvalue weighted by molar-refractivity contribution is 8.14. The lowest BCUT2D eigenvalue weighted by Crippen LogP contribution is -2.36. The zero-order valence-electron chi connectivity index (χ0n) is 8.98. The Hall–Kier alpha value is -1.37. The van der Waals surface area contributed by atoms with Crippen LogP contribution in [0.1, 0.15) is 5.56 Å². The highest BCUT2D eigenvalue weighted by Crippen LogP contribution is 2.22. The fourth-order valence-corrected chi connectivity index (χ4v) is 2.26. The molecule has 0 radical (unpaired) electrons. The topological polar surface area (TPSA) is 73.1 Å². The maximum atomic E-state index is 11.5. The van der Waals surface area contributed by atoms with E-state index in [1.165, 1.54) is 16.8 Å². The van der Waals surface area contributed by atoms with E-state index in [1.54, 1.807) is 0 Å². The first-order chi connectivity index (χ1) is 8.22. The third-order valence-corrected chi connectivity index (χ3v) is 3.23. The lowest BCUT2D eigenvalue weighted by Gasteiger charge is -2.13. The highest BCUT2D eigenvalue weighted by atomic mass is 32.2. The van der Waals surface area contributed by atoms with Gasteiger partial charge in [0.05, 0.1) is 12.5 Å². The number of benzene rings is 1. The van der Waals surface area contributed by atoms with Gasteiger partial charge in [-0.25, -0.2) is 5.01 Å². The number of amides is 1. The molecule has 1 aromatic carbocycles. The summed E-state index contributed by atoms with van der Waals surface area (Å²) < 4.78 is 0. The van der Waals surface area contributed by atoms with Crippen molar-refractivity contribution in [2.75, 3.05) is 12.5 Å². The van der Waals surface area contributed by atoms with Crippen LogP contribution in [0.5, 0.6) is 0 Å². The van der Waals surface area contributed by atoms with E-state index in [0.29, 0.717) is 5.88 Å². The third-order valence-electron chi connectivity index (χ3n) is 2.27. The minimum absolute atomic E-state index is 0.361. The van der Waals surface area contributed by atoms with Crippen molar-refractivity contribution in [1.29, 1.82) is 0 Å². The molecular weight excluding hydrogens is 240 g/mol. The van der Waals surface area contributed by atoms with Crippen LogP contribution in [0, 0.1) is 0 Å². The minimum Gasteiger partial charge on any atom is -0.393 e. The summed E-state index contributed by atoms with van der Waals surface area (Å²) in [7, 11) is 0. The van der Waals surface area contributed by atoms with Crippen molar-refractivity contribution in [3.63, 3.8) is 0 Å². The van der Waals surface area contributed by atoms with E-state index in [-0.39, 0.29) is 0 Å². The summed E-state index contributed by atoms with van der Waals surface area (Å²) in [5.41, 5.74) is 0.936. The molecule has 0 spiro atoms. The van der Waals surface area contributed by atoms with Crippen LogP contribution in [-0.2, 0) is 4.79 Å². The van der Waals surface area contributed by atoms with E-state index >= 15 is 0 Å². The van der Waals surface area contributed by atoms with E-state index in [4.69, 9.17) is 5.11 Å². The van der Waals surface area contributed by atoms with Gasteiger partial charge in [-0.2, -0.15) is 5.10 Å². The van der Waals surface area contributed by atoms with Gasteiger partial charge in [-0.1, -0.05) is 42.1 Å². The summed E-state index contributed by atoms with van der Waals surface area (Å²) in [5, 5.41) is 24.0. The largest absolute Gasteiger partial charge is 0.393 e. The number of nitrogens with zero attached hydrogens (tertiary/aromatic N) is 2. The highest BCUT2D eigenvalue weighted by Gasteiger charge is 2.26. The van der Waals surface area contributed by atoms with E-state index in [0.717, 1.165) is 10.6 Å². The standard InChI is InChI=1S/C11H12N2O3S/c14-6-9(15)11(16)13-7-17-10(12-13)8-4-2-1-3-5-8/h1-5,9,14-15H,6-7H2. The molecule has 1 aromatic rings. The van der Waals surface area contributed by atoms with Gasteiger partial charge in [0.15, 0.2) is 6.10 Å². The summed E-state index contributed by atoms with van der Waals surface area (Å²) in [6, 6.07) is 9.50. The smallest absolute Gasteiger partial charge is 0.274 e. The molecule has 6 heteroatoms. The molecular formula is C11H12N2O3S. The molecule has 0 aliphatic carbocycles. The number of rotatable bonds is 3. The van der Waals surface area contributed by atoms with Crippen molar-refractivity contribution in [2.24, 2.45) is 5.10 Å². The Morgan fingerprint density at radius 1 is 1.47 bits per heavy atom. The average Bonchev–Trinajstić information content (AvgIpc) is 2.87. The number of carbonyl (C=O) groups excluding carboxylic acids is 1. The van der Waals surface area contributed by atoms with Crippen molar-refractivity contribution in [3.8, 4) is 0 Å². The van der Waals surface area contributed by atoms with Crippen LogP contribution in [-0.4, -0.2) is 44.8 Å². The van der Waals surface area contributed by atoms with E-state index in [1.807, 2.05) is 30.3 Å². The second-order valence-corrected chi connectivity index (χ2v) is 4.41. The molecule has 1 heterocycles. The number of hydrogen-bond acceptors (Lipinski definition) is 5. The van der Waals surface area contributed by atoms with Crippen molar-refractivity contribution < 1.29 is 15.0 Å². The zero-order chi connectivity index (χ0) is 12.3. The van der Waals surface area contributed by atoms with Crippen LogP contribution in [0.15, 0.2) is 35.4 Å². The molecule has 0 bridgehead atoms. The fourth-order valence-electron chi connectivity index (χ4n) is 1.37. The molecule has 1 amide bonds. The Bertz CT molecular complexity index is 436. The van der Waals surface area contributed by atoms with Crippen LogP contribution in [0.3, 0.4) is 0 Å². The molecule has 2 rings (SSSR count). The Kier molecular flexibility index (Phi) is 3.78. The van der Waals surface area contributed by atoms with Crippen molar-refractivity contribution in [3.05, 3.63) is 35.9 Å². The summed E-state index contributed by atoms with van der Waals surface area (Å²) in [6.07, 6.45) is -1.39. The van der Waals surface area contributed by atoms with Gasteiger partial charge in [-0.05, 0) is 0 Å². The van der Waals surface area contributed by atoms with Gasteiger partial charge in [-0.3, -0.25) is 4.79 Å². The van der Waals surface area contributed by atoms with Crippen molar-refractivity contribution >= 4 is 22.7 Å². The van der Waals surface area contributed by atoms with E-state index in [9.17, 15) is 9.90 Å². The molecule has 5 nitrogen and oxygen atoms in total. The quantitative estimate of drug-likeness (QED) is 0.808. The number of hydrazone groups is 1. The molecule has 1 atom stereocenters. The van der Waals surface area contributed by atoms with Gasteiger partial charge >= 0.3 is 0 Å². The van der Waals surface area contributed by atoms with Crippen LogP contribution >= 0.6 is 11.8 Å². The fraction of sp³-hybridized carbons (Fsp3) is 0.273. The van der Waals surface area contributed by atoms with Gasteiger partial charge in [0, 0.05) is 5.56 Å². The lowest BCUT2D eigenvalue weighted by atomic mass is 10.2. The molecule has 0 saturated carbocycles. The molecule has 0 saturated heterocycles. The van der Waals surface area contributed by atoms with Gasteiger partial charge in [0.1, 0.15) is 5.04 Å². The van der Waals surface area contributed by atoms with Crippen LogP contribution in [0.4, 0.5) is 0 Å². The second-order valence-electron chi connectivity index (χ2n) is 3.48. The molecule has 0 fully saturated rings. The predicted molar refractivity (Wildman–Crippen MR) is 65.4 cm³/mol. The van der Waals surface area contributed by atoms with Crippen LogP contribution < -0.4 is 0 Å². The number of hydrogen-bond donors (Lipinski definition) is 2. The van der Waals surface area contributed by atoms with Crippen LogP contribution in [0.2, 0.25) is 0 Å². The van der Waals surface area contributed by atoms with Gasteiger partial charge in [0.2, 0.25) is 0 Å². The Morgan fingerprint density at radius 2 is 2.18 bits per heavy atom. The molecule has 0 aromatic heterocycles. The molecule has 1 unspecified atom stereocenters. The van der Waals surface area contributed by atoms with E-state index in [2.05, 4.69) is 5.10 Å². The second kappa shape index (κ2) is 5.31. The molecule has 90 valence electrons. The molecule has 1 aliphatic heterocycles. The SMILES string of the molecule is O=C(C(O)CO)N1CSC(c2ccccc2)=N1. The summed E-state index contributed by atoms with van der Waals surface area (Å²) in [6.45, 7) is -0.587. The molecule has 2 N–H and O–H groups in total. The first-order valence-electron chi connectivity index (χ1n) is 5.09. The predicted octanol–water partition coefficient (Wildman–Crippen LogP) is 0.234. The van der Waals surface area contributed by atoms with Crippen LogP contribution in [0.25, 0.3) is 0 Å². The van der Waals surface area contributed by atoms with Crippen molar-refractivity contribution in [1.82, 2.24) is 5.01 Å². The Labute approximate surface area is 103 Å². The Balaban J connectivity index is 2.12. The van der Waals surface area contributed by atoms with Gasteiger partial charge < -0.3 is 10.2 Å². The zero-order valence-corrected chi connectivity index (χ0v) is 9.80. The first-order valence-corrected chi connectivity index (χ1v) is 6.08. The van der Waals surface area contributed by atoms with Gasteiger partial charge in [0.25, 0.3) is 5.91 Å². The maximum Gasteiger partial charge on any atom is 0.274 e. The molecule has 1 aliphatic rings. The first kappa shape index (κ1) is 12.1. The molecule has 17 heavy (non-hydrogen) atoms.